The van der Waals surface area contributed by atoms with Crippen molar-refractivity contribution in [3.8, 4) is 0 Å². The van der Waals surface area contributed by atoms with E-state index in [4.69, 9.17) is 9.47 Å². The summed E-state index contributed by atoms with van der Waals surface area (Å²) in [7, 11) is 2.01. The molecular formula is C24H31BrN2O5S. The Labute approximate surface area is 209 Å². The molecule has 3 rings (SSSR count). The summed E-state index contributed by atoms with van der Waals surface area (Å²) in [6.07, 6.45) is -0.347. The predicted molar refractivity (Wildman–Crippen MR) is 122 cm³/mol. The van der Waals surface area contributed by atoms with Crippen molar-refractivity contribution < 1.29 is 45.3 Å². The van der Waals surface area contributed by atoms with Gasteiger partial charge in [-0.25, -0.2) is 9.59 Å². The maximum absolute atomic E-state index is 13.1. The van der Waals surface area contributed by atoms with Crippen molar-refractivity contribution >= 4 is 29.2 Å². The number of rotatable bonds is 7. The highest BCUT2D eigenvalue weighted by molar-refractivity contribution is 7.12. The fraction of sp³-hybridized carbons (Fsp3) is 0.458. The third-order valence-corrected chi connectivity index (χ3v) is 6.18. The van der Waals surface area contributed by atoms with E-state index in [2.05, 4.69) is 5.32 Å². The number of esters is 1. The minimum absolute atomic E-state index is 0. The van der Waals surface area contributed by atoms with Gasteiger partial charge in [0.2, 0.25) is 5.78 Å². The average molecular weight is 539 g/mol. The number of carbonyl (C=O) groups is 3. The normalized spacial score (nSPS) is 20.9. The Balaban J connectivity index is 0.00000385. The van der Waals surface area contributed by atoms with Crippen LogP contribution < -0.4 is 22.3 Å². The number of likely N-dealkylation sites (N-methyl/N-ethyl adjacent to an activating group) is 1. The van der Waals surface area contributed by atoms with Crippen LogP contribution in [0.15, 0.2) is 47.8 Å². The van der Waals surface area contributed by atoms with Gasteiger partial charge in [0, 0.05) is 6.42 Å². The van der Waals surface area contributed by atoms with Gasteiger partial charge in [-0.05, 0) is 37.8 Å². The van der Waals surface area contributed by atoms with Crippen LogP contribution in [-0.2, 0) is 14.3 Å². The van der Waals surface area contributed by atoms with Gasteiger partial charge in [-0.3, -0.25) is 4.79 Å². The SMILES string of the molecule is CC(C)(C)OC(=O)NC(C(=O)O[C@@H]1CC[N+](C)(CC(=O)c2cccs2)C1)c1ccccc1.[Br-]. The third kappa shape index (κ3) is 7.94. The highest BCUT2D eigenvalue weighted by atomic mass is 79.9. The van der Waals surface area contributed by atoms with Gasteiger partial charge >= 0.3 is 12.1 Å². The summed E-state index contributed by atoms with van der Waals surface area (Å²) in [6.45, 7) is 6.94. The Kier molecular flexibility index (Phi) is 9.22. The van der Waals surface area contributed by atoms with Gasteiger partial charge in [-0.15, -0.1) is 11.3 Å². The van der Waals surface area contributed by atoms with E-state index in [9.17, 15) is 14.4 Å². The van der Waals surface area contributed by atoms with Crippen LogP contribution in [0.4, 0.5) is 4.79 Å². The molecule has 1 N–H and O–H groups in total. The molecule has 0 saturated carbocycles. The Bertz CT molecular complexity index is 946. The zero-order valence-corrected chi connectivity index (χ0v) is 21.8. The van der Waals surface area contributed by atoms with Crippen LogP contribution in [0.25, 0.3) is 0 Å². The second-order valence-electron chi connectivity index (χ2n) is 9.42. The van der Waals surface area contributed by atoms with Crippen LogP contribution in [0.1, 0.15) is 48.5 Å². The minimum Gasteiger partial charge on any atom is -1.00 e. The summed E-state index contributed by atoms with van der Waals surface area (Å²) in [5, 5.41) is 4.53. The van der Waals surface area contributed by atoms with Gasteiger partial charge < -0.3 is 36.3 Å². The van der Waals surface area contributed by atoms with E-state index in [0.717, 1.165) is 11.4 Å². The molecular weight excluding hydrogens is 508 g/mol. The molecule has 7 nitrogen and oxygen atoms in total. The number of amides is 1. The number of hydrogen-bond donors (Lipinski definition) is 1. The topological polar surface area (TPSA) is 81.7 Å². The maximum atomic E-state index is 13.1. The molecule has 1 fully saturated rings. The first-order chi connectivity index (χ1) is 15.0. The number of halogens is 1. The summed E-state index contributed by atoms with van der Waals surface area (Å²) in [4.78, 5) is 38.7. The lowest BCUT2D eigenvalue weighted by Gasteiger charge is -2.28. The van der Waals surface area contributed by atoms with Crippen molar-refractivity contribution in [2.45, 2.75) is 44.9 Å². The van der Waals surface area contributed by atoms with Crippen molar-refractivity contribution in [3.63, 3.8) is 0 Å². The van der Waals surface area contributed by atoms with Crippen LogP contribution in [0.5, 0.6) is 0 Å². The van der Waals surface area contributed by atoms with Crippen molar-refractivity contribution in [2.24, 2.45) is 0 Å². The third-order valence-electron chi connectivity index (χ3n) is 5.27. The molecule has 33 heavy (non-hydrogen) atoms. The molecule has 2 heterocycles. The Morgan fingerprint density at radius 2 is 1.85 bits per heavy atom. The lowest BCUT2D eigenvalue weighted by Crippen LogP contribution is -3.00. The number of ether oxygens (including phenoxy) is 2. The molecule has 0 bridgehead atoms. The van der Waals surface area contributed by atoms with E-state index in [-0.39, 0.29) is 28.9 Å². The molecule has 1 aromatic heterocycles. The number of thiophene rings is 1. The zero-order valence-electron chi connectivity index (χ0n) is 19.4. The highest BCUT2D eigenvalue weighted by Gasteiger charge is 2.40. The minimum atomic E-state index is -0.974. The second kappa shape index (κ2) is 11.3. The molecule has 3 atom stereocenters. The standard InChI is InChI=1S/C24H30N2O5S.BrH/c1-24(2,3)31-23(29)25-21(17-9-6-5-7-10-17)22(28)30-18-12-13-26(4,15-18)16-19(27)20-11-8-14-32-20;/h5-11,14,18,21H,12-13,15-16H2,1-4H3;1H/t18-,21?,26?;/m1./s1. The molecule has 2 unspecified atom stereocenters. The number of Topliss-reactive ketones (excluding diaryl/α,β-unsaturated/α-hetero) is 1. The van der Waals surface area contributed by atoms with E-state index in [0.29, 0.717) is 29.6 Å². The Morgan fingerprint density at radius 3 is 2.45 bits per heavy atom. The van der Waals surface area contributed by atoms with E-state index in [1.54, 1.807) is 45.0 Å². The number of quaternary nitrogens is 1. The van der Waals surface area contributed by atoms with E-state index in [1.165, 1.54) is 11.3 Å². The molecule has 0 radical (unpaired) electrons. The van der Waals surface area contributed by atoms with Crippen LogP contribution in [0.3, 0.4) is 0 Å². The summed E-state index contributed by atoms with van der Waals surface area (Å²) in [6, 6.07) is 11.7. The summed E-state index contributed by atoms with van der Waals surface area (Å²) in [5.41, 5.74) is -0.0683. The Hall–Kier alpha value is -2.23. The maximum Gasteiger partial charge on any atom is 0.408 e. The van der Waals surface area contributed by atoms with Gasteiger partial charge in [0.05, 0.1) is 18.5 Å². The van der Waals surface area contributed by atoms with E-state index in [1.807, 2.05) is 30.6 Å². The summed E-state index contributed by atoms with van der Waals surface area (Å²) >= 11 is 1.44. The lowest BCUT2D eigenvalue weighted by molar-refractivity contribution is -0.890. The zero-order chi connectivity index (χ0) is 23.4. The fourth-order valence-corrected chi connectivity index (χ4v) is 4.47. The molecule has 0 spiro atoms. The number of benzene rings is 1. The highest BCUT2D eigenvalue weighted by Crippen LogP contribution is 2.24. The van der Waals surface area contributed by atoms with Crippen LogP contribution >= 0.6 is 11.3 Å². The van der Waals surface area contributed by atoms with Gasteiger partial charge in [0.15, 0.2) is 12.1 Å². The average Bonchev–Trinajstić information content (AvgIpc) is 3.36. The Morgan fingerprint density at radius 1 is 1.15 bits per heavy atom. The summed E-state index contributed by atoms with van der Waals surface area (Å²) < 4.78 is 11.6. The molecule has 9 heteroatoms. The fourth-order valence-electron chi connectivity index (χ4n) is 3.81. The van der Waals surface area contributed by atoms with Crippen molar-refractivity contribution in [1.82, 2.24) is 5.32 Å². The second-order valence-corrected chi connectivity index (χ2v) is 10.4. The first kappa shape index (κ1) is 27.0. The predicted octanol–water partition coefficient (Wildman–Crippen LogP) is 0.963. The monoisotopic (exact) mass is 538 g/mol. The van der Waals surface area contributed by atoms with Crippen molar-refractivity contribution in [2.75, 3.05) is 26.7 Å². The number of nitrogens with zero attached hydrogens (tertiary/aromatic N) is 1. The quantitative estimate of drug-likeness (QED) is 0.322. The molecule has 0 aliphatic carbocycles. The van der Waals surface area contributed by atoms with Crippen LogP contribution in [0, 0.1) is 0 Å². The number of likely N-dealkylation sites (tertiary alicyclic amines) is 1. The van der Waals surface area contributed by atoms with Gasteiger partial charge in [-0.1, -0.05) is 36.4 Å². The molecule has 1 aliphatic rings. The number of alkyl carbamates (subject to hydrolysis) is 1. The molecule has 1 aliphatic heterocycles. The van der Waals surface area contributed by atoms with Gasteiger partial charge in [0.25, 0.3) is 0 Å². The molecule has 1 saturated heterocycles. The van der Waals surface area contributed by atoms with E-state index >= 15 is 0 Å². The molecule has 1 amide bonds. The van der Waals surface area contributed by atoms with Crippen LogP contribution in [0.2, 0.25) is 0 Å². The molecule has 2 aromatic rings. The molecule has 1 aromatic carbocycles. The number of ketones is 1. The number of nitrogens with one attached hydrogen (secondary N) is 1. The largest absolute Gasteiger partial charge is 1.00 e. The lowest BCUT2D eigenvalue weighted by atomic mass is 10.1. The van der Waals surface area contributed by atoms with Gasteiger partial charge in [-0.2, -0.15) is 0 Å². The first-order valence-corrected chi connectivity index (χ1v) is 11.6. The molecule has 180 valence electrons. The smallest absolute Gasteiger partial charge is 0.408 e. The van der Waals surface area contributed by atoms with Crippen LogP contribution in [-0.4, -0.2) is 60.7 Å². The summed E-state index contributed by atoms with van der Waals surface area (Å²) in [5.74, 6) is -0.437. The first-order valence-electron chi connectivity index (χ1n) is 10.7. The number of hydrogen-bond acceptors (Lipinski definition) is 6. The van der Waals surface area contributed by atoms with Crippen molar-refractivity contribution in [3.05, 3.63) is 58.3 Å². The van der Waals surface area contributed by atoms with Gasteiger partial charge in [0.1, 0.15) is 18.7 Å². The van der Waals surface area contributed by atoms with E-state index < -0.39 is 23.7 Å². The number of carbonyl (C=O) groups excluding carboxylic acids is 3. The van der Waals surface area contributed by atoms with Crippen molar-refractivity contribution in [1.29, 1.82) is 0 Å².